The number of imidazole rings is 2. The van der Waals surface area contributed by atoms with E-state index < -0.39 is 24.3 Å². The maximum atomic E-state index is 14.1. The standard InChI is InChI=1S/C44H54FN9O6/c1-25(2)37(50-43(57)59-5)41(55)53-19-7-9-35(53)39-46-31-17-11-27(21-33(31)48-39)23-52(30-15-13-29(45)14-16-30)24-28-12-18-32-34(22-28)49-40(47-32)36-10-8-20-54(36)42(56)38(26(3)4)51-44(58)60-6/h11-18,21-22,25-26,35-38H,7-10,19-20,23-24H2,1-6H3,(H,46,48)(H,47,49)(H,50,57)(H,51,58)/t35-,36-,37-,38-/m0/s1. The van der Waals surface area contributed by atoms with Crippen LogP contribution in [0.1, 0.15) is 88.2 Å². The van der Waals surface area contributed by atoms with E-state index in [2.05, 4.69) is 25.5 Å². The number of benzene rings is 3. The summed E-state index contributed by atoms with van der Waals surface area (Å²) in [6.45, 7) is 9.66. The van der Waals surface area contributed by atoms with Crippen LogP contribution in [0, 0.1) is 17.7 Å². The van der Waals surface area contributed by atoms with Gasteiger partial charge in [-0.25, -0.2) is 23.9 Å². The molecular formula is C44H54FN9O6. The SMILES string of the molecule is COC(=O)N[C@H](C(=O)N1CCC[C@H]1c1nc2cc(CN(Cc3ccc4[nH]c([C@@H]5CCCN5C(=O)[C@@H](NC(=O)OC)C(C)C)nc4c3)c3ccc(F)cc3)ccc2[nH]1)C(C)C. The molecule has 4 N–H and O–H groups in total. The number of hydrogen-bond acceptors (Lipinski definition) is 9. The van der Waals surface area contributed by atoms with Crippen LogP contribution in [-0.2, 0) is 32.2 Å². The average molecular weight is 824 g/mol. The number of anilines is 1. The van der Waals surface area contributed by atoms with Gasteiger partial charge < -0.3 is 44.8 Å². The fraction of sp³-hybridized carbons (Fsp3) is 0.455. The van der Waals surface area contributed by atoms with Gasteiger partial charge in [0.1, 0.15) is 29.5 Å². The average Bonchev–Trinajstić information content (AvgIpc) is 4.06. The van der Waals surface area contributed by atoms with E-state index in [4.69, 9.17) is 19.4 Å². The number of nitrogens with zero attached hydrogens (tertiary/aromatic N) is 5. The van der Waals surface area contributed by atoms with Crippen molar-refractivity contribution in [2.45, 2.75) is 90.6 Å². The number of alkyl carbamates (subject to hydrolysis) is 2. The Hall–Kier alpha value is -6.19. The zero-order valence-corrected chi connectivity index (χ0v) is 35.0. The topological polar surface area (TPSA) is 178 Å². The van der Waals surface area contributed by atoms with Crippen LogP contribution in [0.5, 0.6) is 0 Å². The quantitative estimate of drug-likeness (QED) is 0.0987. The van der Waals surface area contributed by atoms with Gasteiger partial charge in [-0.05, 0) is 97.2 Å². The van der Waals surface area contributed by atoms with Crippen molar-refractivity contribution in [3.05, 3.63) is 89.3 Å². The summed E-state index contributed by atoms with van der Waals surface area (Å²) in [5.41, 5.74) is 6.03. The van der Waals surface area contributed by atoms with E-state index in [-0.39, 0.29) is 41.6 Å². The molecule has 2 fully saturated rings. The molecule has 4 amide bonds. The Kier molecular flexibility index (Phi) is 12.6. The van der Waals surface area contributed by atoms with Crippen LogP contribution in [0.25, 0.3) is 22.1 Å². The number of nitrogens with one attached hydrogen (secondary N) is 4. The van der Waals surface area contributed by atoms with Gasteiger partial charge in [-0.1, -0.05) is 39.8 Å². The third kappa shape index (κ3) is 9.01. The Morgan fingerprint density at radius 1 is 0.717 bits per heavy atom. The zero-order chi connectivity index (χ0) is 42.7. The van der Waals surface area contributed by atoms with E-state index >= 15 is 0 Å². The second-order valence-corrected chi connectivity index (χ2v) is 16.4. The van der Waals surface area contributed by atoms with E-state index in [1.54, 1.807) is 21.9 Å². The van der Waals surface area contributed by atoms with E-state index in [9.17, 15) is 23.6 Å². The van der Waals surface area contributed by atoms with Crippen LogP contribution >= 0.6 is 0 Å². The van der Waals surface area contributed by atoms with Crippen molar-refractivity contribution in [1.29, 1.82) is 0 Å². The number of hydrogen-bond donors (Lipinski definition) is 4. The fourth-order valence-electron chi connectivity index (χ4n) is 8.37. The number of fused-ring (bicyclic) bond motifs is 2. The number of likely N-dealkylation sites (tertiary alicyclic amines) is 2. The molecule has 0 radical (unpaired) electrons. The molecule has 0 aliphatic carbocycles. The van der Waals surface area contributed by atoms with Crippen molar-refractivity contribution in [2.75, 3.05) is 32.2 Å². The van der Waals surface area contributed by atoms with E-state index in [1.165, 1.54) is 26.4 Å². The molecule has 3 aromatic carbocycles. The molecule has 0 spiro atoms. The molecule has 0 saturated carbocycles. The molecular weight excluding hydrogens is 770 g/mol. The highest BCUT2D eigenvalue weighted by Crippen LogP contribution is 2.35. The Morgan fingerprint density at radius 3 is 1.55 bits per heavy atom. The summed E-state index contributed by atoms with van der Waals surface area (Å²) in [5, 5.41) is 5.40. The number of amides is 4. The predicted octanol–water partition coefficient (Wildman–Crippen LogP) is 6.87. The number of carbonyl (C=O) groups is 4. The van der Waals surface area contributed by atoms with Crippen LogP contribution in [0.3, 0.4) is 0 Å². The predicted molar refractivity (Wildman–Crippen MR) is 224 cm³/mol. The summed E-state index contributed by atoms with van der Waals surface area (Å²) in [6, 6.07) is 16.6. The lowest BCUT2D eigenvalue weighted by Gasteiger charge is -2.29. The normalized spacial score (nSPS) is 17.7. The molecule has 0 unspecified atom stereocenters. The Labute approximate surface area is 348 Å². The van der Waals surface area contributed by atoms with Crippen molar-refractivity contribution in [1.82, 2.24) is 40.4 Å². The highest BCUT2D eigenvalue weighted by atomic mass is 19.1. The summed E-state index contributed by atoms with van der Waals surface area (Å²) >= 11 is 0. The summed E-state index contributed by atoms with van der Waals surface area (Å²) < 4.78 is 23.7. The fourth-order valence-corrected chi connectivity index (χ4v) is 8.37. The number of rotatable bonds is 13. The smallest absolute Gasteiger partial charge is 0.407 e. The third-order valence-corrected chi connectivity index (χ3v) is 11.6. The Bertz CT molecular complexity index is 2200. The minimum absolute atomic E-state index is 0.138. The molecule has 2 aromatic heterocycles. The van der Waals surface area contributed by atoms with Gasteiger partial charge in [0.05, 0.1) is 48.4 Å². The van der Waals surface area contributed by atoms with Gasteiger partial charge in [0.15, 0.2) is 0 Å². The lowest BCUT2D eigenvalue weighted by Crippen LogP contribution is -2.51. The van der Waals surface area contributed by atoms with Gasteiger partial charge in [-0.3, -0.25) is 9.59 Å². The van der Waals surface area contributed by atoms with E-state index in [0.717, 1.165) is 64.6 Å². The molecule has 4 atom stereocenters. The van der Waals surface area contributed by atoms with Crippen molar-refractivity contribution in [2.24, 2.45) is 11.8 Å². The number of aromatic amines is 2. The van der Waals surface area contributed by atoms with Crippen LogP contribution in [0.15, 0.2) is 60.7 Å². The molecule has 318 valence electrons. The molecule has 5 aromatic rings. The number of methoxy groups -OCH3 is 2. The molecule has 7 rings (SSSR count). The molecule has 2 aliphatic rings. The summed E-state index contributed by atoms with van der Waals surface area (Å²) in [6.07, 6.45) is 1.82. The van der Waals surface area contributed by atoms with Gasteiger partial charge in [-0.2, -0.15) is 0 Å². The van der Waals surface area contributed by atoms with Gasteiger partial charge >= 0.3 is 12.2 Å². The largest absolute Gasteiger partial charge is 0.453 e. The molecule has 16 heteroatoms. The van der Waals surface area contributed by atoms with Crippen LogP contribution in [-0.4, -0.2) is 93.1 Å². The van der Waals surface area contributed by atoms with Gasteiger partial charge in [-0.15, -0.1) is 0 Å². The highest BCUT2D eigenvalue weighted by molar-refractivity contribution is 5.87. The van der Waals surface area contributed by atoms with Crippen molar-refractivity contribution >= 4 is 51.8 Å². The molecule has 15 nitrogen and oxygen atoms in total. The minimum Gasteiger partial charge on any atom is -0.453 e. The maximum absolute atomic E-state index is 14.1. The van der Waals surface area contributed by atoms with Crippen LogP contribution < -0.4 is 15.5 Å². The monoisotopic (exact) mass is 823 g/mol. The lowest BCUT2D eigenvalue weighted by atomic mass is 10.0. The third-order valence-electron chi connectivity index (χ3n) is 11.6. The molecule has 2 aliphatic heterocycles. The molecule has 60 heavy (non-hydrogen) atoms. The minimum atomic E-state index is -0.726. The first kappa shape index (κ1) is 42.0. The van der Waals surface area contributed by atoms with Gasteiger partial charge in [0.25, 0.3) is 0 Å². The first-order chi connectivity index (χ1) is 28.8. The maximum Gasteiger partial charge on any atom is 0.407 e. The second-order valence-electron chi connectivity index (χ2n) is 16.4. The van der Waals surface area contributed by atoms with Crippen LogP contribution in [0.4, 0.5) is 19.7 Å². The van der Waals surface area contributed by atoms with Crippen molar-refractivity contribution < 1.29 is 33.0 Å². The first-order valence-corrected chi connectivity index (χ1v) is 20.6. The Balaban J connectivity index is 1.10. The Morgan fingerprint density at radius 2 is 1.15 bits per heavy atom. The number of ether oxygens (including phenoxy) is 2. The zero-order valence-electron chi connectivity index (χ0n) is 35.0. The number of aromatic nitrogens is 4. The molecule has 2 saturated heterocycles. The molecule has 4 heterocycles. The number of halogens is 1. The first-order valence-electron chi connectivity index (χ1n) is 20.6. The van der Waals surface area contributed by atoms with Gasteiger partial charge in [0, 0.05) is 31.9 Å². The number of H-pyrrole nitrogens is 2. The second kappa shape index (κ2) is 18.0. The van der Waals surface area contributed by atoms with Crippen LogP contribution in [0.2, 0.25) is 0 Å². The summed E-state index contributed by atoms with van der Waals surface area (Å²) in [7, 11) is 2.56. The summed E-state index contributed by atoms with van der Waals surface area (Å²) in [4.78, 5) is 74.1. The van der Waals surface area contributed by atoms with E-state index in [1.807, 2.05) is 64.1 Å². The van der Waals surface area contributed by atoms with Crippen molar-refractivity contribution in [3.63, 3.8) is 0 Å². The number of carbonyl (C=O) groups excluding carboxylic acids is 4. The molecule has 0 bridgehead atoms. The van der Waals surface area contributed by atoms with Gasteiger partial charge in [0.2, 0.25) is 11.8 Å². The lowest BCUT2D eigenvalue weighted by molar-refractivity contribution is -0.136. The summed E-state index contributed by atoms with van der Waals surface area (Å²) in [5.74, 6) is 0.450. The van der Waals surface area contributed by atoms with Crippen molar-refractivity contribution in [3.8, 4) is 0 Å². The highest BCUT2D eigenvalue weighted by Gasteiger charge is 2.39. The van der Waals surface area contributed by atoms with E-state index in [0.29, 0.717) is 37.8 Å².